The van der Waals surface area contributed by atoms with E-state index >= 15 is 0 Å². The number of sulfone groups is 1. The van der Waals surface area contributed by atoms with Gasteiger partial charge >= 0.3 is 0 Å². The molecule has 0 bridgehead atoms. The third kappa shape index (κ3) is 3.46. The molecule has 1 N–H and O–H groups in total. The van der Waals surface area contributed by atoms with Crippen molar-refractivity contribution in [1.29, 1.82) is 0 Å². The predicted octanol–water partition coefficient (Wildman–Crippen LogP) is 2.87. The number of hydrogen-bond acceptors (Lipinski definition) is 3. The largest absolute Gasteiger partial charge is 0.322 e. The fourth-order valence-electron chi connectivity index (χ4n) is 1.81. The number of carbonyl (C=O) groups is 1. The normalized spacial score (nSPS) is 11.1. The van der Waals surface area contributed by atoms with Gasteiger partial charge < -0.3 is 5.32 Å². The van der Waals surface area contributed by atoms with E-state index in [2.05, 4.69) is 5.32 Å². The van der Waals surface area contributed by atoms with Gasteiger partial charge in [-0.25, -0.2) is 12.8 Å². The maximum atomic E-state index is 12.8. The van der Waals surface area contributed by atoms with E-state index in [0.29, 0.717) is 5.69 Å². The third-order valence-electron chi connectivity index (χ3n) is 2.95. The lowest BCUT2D eigenvalue weighted by Gasteiger charge is -2.10. The van der Waals surface area contributed by atoms with E-state index in [1.54, 1.807) is 12.1 Å². The smallest absolute Gasteiger partial charge is 0.256 e. The molecule has 0 aliphatic rings. The summed E-state index contributed by atoms with van der Waals surface area (Å²) >= 11 is 0. The summed E-state index contributed by atoms with van der Waals surface area (Å²) in [6.45, 7) is 1.52. The SMILES string of the molecule is CCS(=O)(=O)c1ccccc1C(=O)Nc1ccc(F)cc1. The van der Waals surface area contributed by atoms with Crippen molar-refractivity contribution in [2.24, 2.45) is 0 Å². The average Bonchev–Trinajstić information content (AvgIpc) is 2.49. The highest BCUT2D eigenvalue weighted by atomic mass is 32.2. The van der Waals surface area contributed by atoms with Gasteiger partial charge in [-0.05, 0) is 36.4 Å². The molecule has 2 rings (SSSR count). The first kappa shape index (κ1) is 15.2. The Bertz CT molecular complexity index is 755. The van der Waals surface area contributed by atoms with E-state index in [4.69, 9.17) is 0 Å². The summed E-state index contributed by atoms with van der Waals surface area (Å²) in [7, 11) is -3.49. The summed E-state index contributed by atoms with van der Waals surface area (Å²) in [5, 5.41) is 2.55. The van der Waals surface area contributed by atoms with Gasteiger partial charge in [0.1, 0.15) is 5.82 Å². The lowest BCUT2D eigenvalue weighted by Crippen LogP contribution is -2.17. The van der Waals surface area contributed by atoms with Crippen LogP contribution in [0.3, 0.4) is 0 Å². The molecule has 0 aromatic heterocycles. The van der Waals surface area contributed by atoms with Gasteiger partial charge in [0.25, 0.3) is 5.91 Å². The van der Waals surface area contributed by atoms with Gasteiger partial charge in [-0.3, -0.25) is 4.79 Å². The van der Waals surface area contributed by atoms with Gasteiger partial charge in [-0.2, -0.15) is 0 Å². The maximum Gasteiger partial charge on any atom is 0.256 e. The van der Waals surface area contributed by atoms with Crippen molar-refractivity contribution in [3.05, 3.63) is 59.9 Å². The van der Waals surface area contributed by atoms with Crippen molar-refractivity contribution in [3.8, 4) is 0 Å². The minimum absolute atomic E-state index is 0.00730. The number of nitrogens with one attached hydrogen (secondary N) is 1. The monoisotopic (exact) mass is 307 g/mol. The Morgan fingerprint density at radius 3 is 2.33 bits per heavy atom. The zero-order valence-electron chi connectivity index (χ0n) is 11.3. The van der Waals surface area contributed by atoms with E-state index in [1.165, 1.54) is 43.3 Å². The van der Waals surface area contributed by atoms with E-state index < -0.39 is 21.6 Å². The fourth-order valence-corrected chi connectivity index (χ4v) is 2.91. The molecule has 4 nitrogen and oxygen atoms in total. The molecule has 6 heteroatoms. The Morgan fingerprint density at radius 2 is 1.71 bits per heavy atom. The molecule has 21 heavy (non-hydrogen) atoms. The number of hydrogen-bond donors (Lipinski definition) is 1. The van der Waals surface area contributed by atoms with E-state index in [9.17, 15) is 17.6 Å². The van der Waals surface area contributed by atoms with Crippen molar-refractivity contribution >= 4 is 21.4 Å². The van der Waals surface area contributed by atoms with Crippen molar-refractivity contribution in [1.82, 2.24) is 0 Å². The van der Waals surface area contributed by atoms with Gasteiger partial charge in [0.05, 0.1) is 16.2 Å². The van der Waals surface area contributed by atoms with Gasteiger partial charge in [0, 0.05) is 5.69 Å². The van der Waals surface area contributed by atoms with Crippen LogP contribution in [0.2, 0.25) is 0 Å². The van der Waals surface area contributed by atoms with Crippen molar-refractivity contribution in [2.75, 3.05) is 11.1 Å². The fraction of sp³-hybridized carbons (Fsp3) is 0.133. The molecule has 0 unspecified atom stereocenters. The molecule has 0 aliphatic carbocycles. The highest BCUT2D eigenvalue weighted by Crippen LogP contribution is 2.19. The zero-order valence-corrected chi connectivity index (χ0v) is 12.2. The van der Waals surface area contributed by atoms with Crippen LogP contribution < -0.4 is 5.32 Å². The Kier molecular flexibility index (Phi) is 4.37. The summed E-state index contributed by atoms with van der Waals surface area (Å²) in [5.41, 5.74) is 0.466. The molecular weight excluding hydrogens is 293 g/mol. The number of benzene rings is 2. The molecule has 0 aliphatic heterocycles. The van der Waals surface area contributed by atoms with E-state index in [1.807, 2.05) is 0 Å². The summed E-state index contributed by atoms with van der Waals surface area (Å²) in [6, 6.07) is 11.2. The number of halogens is 1. The molecule has 0 fully saturated rings. The van der Waals surface area contributed by atoms with Crippen molar-refractivity contribution < 1.29 is 17.6 Å². The molecule has 2 aromatic carbocycles. The Hall–Kier alpha value is -2.21. The molecule has 0 spiro atoms. The van der Waals surface area contributed by atoms with Crippen LogP contribution >= 0.6 is 0 Å². The Labute approximate surface area is 122 Å². The highest BCUT2D eigenvalue weighted by Gasteiger charge is 2.20. The number of rotatable bonds is 4. The van der Waals surface area contributed by atoms with Gasteiger partial charge in [-0.15, -0.1) is 0 Å². The summed E-state index contributed by atoms with van der Waals surface area (Å²) in [6.07, 6.45) is 0. The molecule has 0 saturated heterocycles. The van der Waals surface area contributed by atoms with Crippen LogP contribution in [0, 0.1) is 5.82 Å². The first-order valence-electron chi connectivity index (χ1n) is 6.33. The zero-order chi connectivity index (χ0) is 15.5. The van der Waals surface area contributed by atoms with Crippen LogP contribution in [0.15, 0.2) is 53.4 Å². The number of anilines is 1. The quantitative estimate of drug-likeness (QED) is 0.944. The molecule has 0 heterocycles. The van der Waals surface area contributed by atoms with Gasteiger partial charge in [-0.1, -0.05) is 19.1 Å². The van der Waals surface area contributed by atoms with Crippen LogP contribution in [-0.2, 0) is 9.84 Å². The molecule has 0 radical (unpaired) electrons. The number of carbonyl (C=O) groups excluding carboxylic acids is 1. The molecule has 1 amide bonds. The van der Waals surface area contributed by atoms with Crippen molar-refractivity contribution in [2.45, 2.75) is 11.8 Å². The summed E-state index contributed by atoms with van der Waals surface area (Å²) in [4.78, 5) is 12.2. The third-order valence-corrected chi connectivity index (χ3v) is 4.74. The minimum Gasteiger partial charge on any atom is -0.322 e. The summed E-state index contributed by atoms with van der Waals surface area (Å²) < 4.78 is 36.8. The second kappa shape index (κ2) is 6.05. The maximum absolute atomic E-state index is 12.8. The molecule has 110 valence electrons. The molecule has 0 saturated carbocycles. The van der Waals surface area contributed by atoms with Crippen LogP contribution in [0.1, 0.15) is 17.3 Å². The second-order valence-corrected chi connectivity index (χ2v) is 6.61. The Balaban J connectivity index is 2.34. The first-order chi connectivity index (χ1) is 9.94. The second-order valence-electron chi connectivity index (χ2n) is 4.36. The lowest BCUT2D eigenvalue weighted by atomic mass is 10.2. The lowest BCUT2D eigenvalue weighted by molar-refractivity contribution is 0.102. The topological polar surface area (TPSA) is 63.2 Å². The van der Waals surface area contributed by atoms with Crippen LogP contribution in [0.4, 0.5) is 10.1 Å². The van der Waals surface area contributed by atoms with Crippen LogP contribution in [0.25, 0.3) is 0 Å². The standard InChI is InChI=1S/C15H14FNO3S/c1-2-21(19,20)14-6-4-3-5-13(14)15(18)17-12-9-7-11(16)8-10-12/h3-10H,2H2,1H3,(H,17,18). The minimum atomic E-state index is -3.49. The average molecular weight is 307 g/mol. The number of amides is 1. The molecule has 2 aromatic rings. The van der Waals surface area contributed by atoms with Crippen LogP contribution in [-0.4, -0.2) is 20.1 Å². The van der Waals surface area contributed by atoms with Gasteiger partial charge in [0.15, 0.2) is 9.84 Å². The highest BCUT2D eigenvalue weighted by molar-refractivity contribution is 7.91. The van der Waals surface area contributed by atoms with Crippen molar-refractivity contribution in [3.63, 3.8) is 0 Å². The van der Waals surface area contributed by atoms with E-state index in [0.717, 1.165) is 0 Å². The van der Waals surface area contributed by atoms with E-state index in [-0.39, 0.29) is 16.2 Å². The van der Waals surface area contributed by atoms with Gasteiger partial charge in [0.2, 0.25) is 0 Å². The predicted molar refractivity (Wildman–Crippen MR) is 78.5 cm³/mol. The first-order valence-corrected chi connectivity index (χ1v) is 7.98. The Morgan fingerprint density at radius 1 is 1.10 bits per heavy atom. The molecular formula is C15H14FNO3S. The molecule has 0 atom stereocenters. The summed E-state index contributed by atoms with van der Waals surface area (Å²) in [5.74, 6) is -1.05. The van der Waals surface area contributed by atoms with Crippen LogP contribution in [0.5, 0.6) is 0 Å².